The zero-order valence-electron chi connectivity index (χ0n) is 8.40. The molecular formula is C9H8KNO4. The molecular weight excluding hydrogens is 225 g/mol. The molecule has 1 aromatic carbocycles. The smallest absolute Gasteiger partial charge is 0.759 e. The Labute approximate surface area is 129 Å². The van der Waals surface area contributed by atoms with E-state index in [4.69, 9.17) is 0 Å². The number of amides is 1. The number of Topliss-reactive ketones (excluding diaryl/α,β-unsaturated/α-hetero) is 1. The summed E-state index contributed by atoms with van der Waals surface area (Å²) in [5, 5.41) is 19.3. The summed E-state index contributed by atoms with van der Waals surface area (Å²) in [5.74, 6) is -1.54. The number of ketones is 1. The molecule has 1 amide bonds. The summed E-state index contributed by atoms with van der Waals surface area (Å²) >= 11 is 0. The molecule has 1 rings (SSSR count). The number of hydrogen-bond acceptors (Lipinski definition) is 4. The zero-order chi connectivity index (χ0) is 10.7. The molecule has 5 nitrogen and oxygen atoms in total. The van der Waals surface area contributed by atoms with Gasteiger partial charge in [0.25, 0.3) is 0 Å². The van der Waals surface area contributed by atoms with E-state index in [1.807, 2.05) is 0 Å². The van der Waals surface area contributed by atoms with E-state index in [-0.39, 0.29) is 74.0 Å². The minimum atomic E-state index is -0.967. The largest absolute Gasteiger partial charge is 1.00 e. The molecule has 0 saturated heterocycles. The molecule has 0 saturated carbocycles. The molecule has 0 aliphatic rings. The molecule has 74 valence electrons. The van der Waals surface area contributed by atoms with E-state index in [1.165, 1.54) is 25.1 Å². The number of rotatable bonds is 2. The summed E-state index contributed by atoms with van der Waals surface area (Å²) in [7, 11) is 0. The third kappa shape index (κ3) is 3.67. The number of carbonyl (C=O) groups is 2. The summed E-state index contributed by atoms with van der Waals surface area (Å²) < 4.78 is 0. The second-order valence-corrected chi connectivity index (χ2v) is 2.72. The van der Waals surface area contributed by atoms with E-state index in [1.54, 1.807) is 0 Å². The Morgan fingerprint density at radius 2 is 2.00 bits per heavy atom. The van der Waals surface area contributed by atoms with Crippen LogP contribution in [0.25, 0.3) is 0 Å². The first kappa shape index (κ1) is 14.8. The number of hydrogen-bond donors (Lipinski definition) is 2. The molecule has 0 aromatic heterocycles. The van der Waals surface area contributed by atoms with E-state index < -0.39 is 5.91 Å². The molecule has 0 unspecified atom stereocenters. The number of aromatic hydroxyl groups is 1. The maximum Gasteiger partial charge on any atom is 1.00 e. The Bertz CT molecular complexity index is 392. The SMILES string of the molecule is CC(=O)c1ccc(O)c(C(=O)N[O-])c1.[K+]. The Morgan fingerprint density at radius 1 is 1.40 bits per heavy atom. The van der Waals surface area contributed by atoms with Crippen LogP contribution in [0.4, 0.5) is 0 Å². The molecule has 15 heavy (non-hydrogen) atoms. The molecule has 0 fully saturated rings. The average Bonchev–Trinajstić information content (AvgIpc) is 2.17. The normalized spacial score (nSPS) is 8.93. The molecule has 2 N–H and O–H groups in total. The van der Waals surface area contributed by atoms with Crippen molar-refractivity contribution in [3.63, 3.8) is 0 Å². The maximum absolute atomic E-state index is 10.9. The minimum Gasteiger partial charge on any atom is -0.759 e. The summed E-state index contributed by atoms with van der Waals surface area (Å²) in [6, 6.07) is 3.74. The van der Waals surface area contributed by atoms with Gasteiger partial charge in [-0.2, -0.15) is 0 Å². The van der Waals surface area contributed by atoms with E-state index in [0.717, 1.165) is 5.48 Å². The predicted octanol–water partition coefficient (Wildman–Crippen LogP) is -2.17. The van der Waals surface area contributed by atoms with Crippen LogP contribution in [0.3, 0.4) is 0 Å². The molecule has 0 radical (unpaired) electrons. The van der Waals surface area contributed by atoms with Crippen molar-refractivity contribution in [2.75, 3.05) is 0 Å². The molecule has 0 bridgehead atoms. The fourth-order valence-corrected chi connectivity index (χ4v) is 0.992. The first-order valence-corrected chi connectivity index (χ1v) is 3.82. The minimum absolute atomic E-state index is 0. The number of carbonyl (C=O) groups excluding carboxylic acids is 2. The molecule has 1 aromatic rings. The van der Waals surface area contributed by atoms with Crippen molar-refractivity contribution >= 4 is 11.7 Å². The third-order valence-electron chi connectivity index (χ3n) is 1.74. The van der Waals surface area contributed by atoms with Gasteiger partial charge in [-0.15, -0.1) is 0 Å². The second kappa shape index (κ2) is 6.36. The van der Waals surface area contributed by atoms with E-state index in [2.05, 4.69) is 0 Å². The molecule has 0 aliphatic heterocycles. The Kier molecular flexibility index (Phi) is 6.26. The van der Waals surface area contributed by atoms with Gasteiger partial charge in [0, 0.05) is 5.56 Å². The summed E-state index contributed by atoms with van der Waals surface area (Å²) in [6.07, 6.45) is 0. The van der Waals surface area contributed by atoms with Crippen molar-refractivity contribution in [3.05, 3.63) is 34.5 Å². The second-order valence-electron chi connectivity index (χ2n) is 2.72. The molecule has 6 heteroatoms. The van der Waals surface area contributed by atoms with Gasteiger partial charge in [-0.05, 0) is 25.1 Å². The average molecular weight is 233 g/mol. The van der Waals surface area contributed by atoms with Gasteiger partial charge in [0.15, 0.2) is 5.78 Å². The first-order chi connectivity index (χ1) is 6.56. The number of phenols is 1. The first-order valence-electron chi connectivity index (χ1n) is 3.82. The zero-order valence-corrected chi connectivity index (χ0v) is 11.5. The van der Waals surface area contributed by atoms with Crippen molar-refractivity contribution in [2.45, 2.75) is 6.92 Å². The van der Waals surface area contributed by atoms with Crippen LogP contribution in [-0.4, -0.2) is 16.8 Å². The monoisotopic (exact) mass is 233 g/mol. The summed E-state index contributed by atoms with van der Waals surface area (Å²) in [5.41, 5.74) is 1.19. The predicted molar refractivity (Wildman–Crippen MR) is 48.9 cm³/mol. The van der Waals surface area contributed by atoms with Crippen LogP contribution in [0.1, 0.15) is 27.6 Å². The van der Waals surface area contributed by atoms with E-state index in [0.29, 0.717) is 0 Å². The fraction of sp³-hybridized carbons (Fsp3) is 0.111. The van der Waals surface area contributed by atoms with Gasteiger partial charge in [0.1, 0.15) is 5.75 Å². The van der Waals surface area contributed by atoms with Crippen molar-refractivity contribution in [1.29, 1.82) is 0 Å². The van der Waals surface area contributed by atoms with Crippen molar-refractivity contribution in [2.24, 2.45) is 0 Å². The van der Waals surface area contributed by atoms with E-state index >= 15 is 0 Å². The summed E-state index contributed by atoms with van der Waals surface area (Å²) in [4.78, 5) is 21.8. The number of benzene rings is 1. The standard InChI is InChI=1S/C9H8NO4.K/c1-5(11)6-2-3-8(12)7(4-6)9(13)10-14;/h2-4H,1H3,(H2-,10,11,12,13,14);/q-1;+1. The Balaban J connectivity index is 0.00000196. The van der Waals surface area contributed by atoms with Crippen molar-refractivity contribution in [3.8, 4) is 5.75 Å². The Morgan fingerprint density at radius 3 is 2.47 bits per heavy atom. The van der Waals surface area contributed by atoms with Crippen LogP contribution in [-0.2, 0) is 0 Å². The maximum atomic E-state index is 10.9. The molecule has 0 spiro atoms. The van der Waals surface area contributed by atoms with Crippen molar-refractivity contribution in [1.82, 2.24) is 5.48 Å². The van der Waals surface area contributed by atoms with Gasteiger partial charge in [0.05, 0.1) is 5.56 Å². The van der Waals surface area contributed by atoms with Gasteiger partial charge in [-0.1, -0.05) is 0 Å². The van der Waals surface area contributed by atoms with Gasteiger partial charge >= 0.3 is 51.4 Å². The third-order valence-corrected chi connectivity index (χ3v) is 1.74. The molecule has 0 aliphatic carbocycles. The van der Waals surface area contributed by atoms with Crippen LogP contribution < -0.4 is 56.9 Å². The van der Waals surface area contributed by atoms with Gasteiger partial charge in [0.2, 0.25) is 5.91 Å². The fourth-order valence-electron chi connectivity index (χ4n) is 0.992. The van der Waals surface area contributed by atoms with Gasteiger partial charge < -0.3 is 15.8 Å². The van der Waals surface area contributed by atoms with Crippen LogP contribution in [0.15, 0.2) is 18.2 Å². The molecule has 0 heterocycles. The summed E-state index contributed by atoms with van der Waals surface area (Å²) in [6.45, 7) is 1.32. The van der Waals surface area contributed by atoms with Crippen LogP contribution in [0, 0.1) is 5.21 Å². The number of nitrogens with one attached hydrogen (secondary N) is 1. The van der Waals surface area contributed by atoms with Crippen LogP contribution >= 0.6 is 0 Å². The quantitative estimate of drug-likeness (QED) is 0.345. The number of phenolic OH excluding ortho intramolecular Hbond substituents is 1. The topological polar surface area (TPSA) is 89.5 Å². The van der Waals surface area contributed by atoms with Gasteiger partial charge in [-0.25, -0.2) is 0 Å². The van der Waals surface area contributed by atoms with E-state index in [9.17, 15) is 19.9 Å². The van der Waals surface area contributed by atoms with Crippen LogP contribution in [0.5, 0.6) is 5.75 Å². The van der Waals surface area contributed by atoms with Crippen molar-refractivity contribution < 1.29 is 66.1 Å². The van der Waals surface area contributed by atoms with Crippen LogP contribution in [0.2, 0.25) is 0 Å². The Hall–Kier alpha value is -0.244. The molecule has 0 atom stereocenters. The van der Waals surface area contributed by atoms with Gasteiger partial charge in [-0.3, -0.25) is 9.59 Å². The number of hydroxylamine groups is 1.